The van der Waals surface area contributed by atoms with Crippen molar-refractivity contribution >= 4 is 46.1 Å². The van der Waals surface area contributed by atoms with E-state index in [1.165, 1.54) is 0 Å². The molecular weight excluding hydrogens is 467 g/mol. The van der Waals surface area contributed by atoms with E-state index in [4.69, 9.17) is 29.0 Å². The number of nitrogens with one attached hydrogen (secondary N) is 1. The van der Waals surface area contributed by atoms with Gasteiger partial charge in [-0.15, -0.1) is 12.4 Å². The van der Waals surface area contributed by atoms with Gasteiger partial charge in [-0.1, -0.05) is 42.5 Å². The number of alkyl halides is 1. The average molecular weight is 489 g/mol. The summed E-state index contributed by atoms with van der Waals surface area (Å²) in [5.41, 5.74) is 3.21. The molecule has 0 fully saturated rings. The summed E-state index contributed by atoms with van der Waals surface area (Å²) in [5, 5.41) is 8.58. The van der Waals surface area contributed by atoms with Crippen LogP contribution in [0.1, 0.15) is 31.1 Å². The number of hydrogen-bond acceptors (Lipinski definition) is 6. The third-order valence-corrected chi connectivity index (χ3v) is 3.69. The molecule has 12 heteroatoms. The van der Waals surface area contributed by atoms with E-state index in [0.29, 0.717) is 11.6 Å². The molecule has 1 aliphatic rings. The number of carbonyl (C=O) groups is 2. The van der Waals surface area contributed by atoms with Gasteiger partial charge in [0.05, 0.1) is 4.92 Å². The Hall–Kier alpha value is -1.91. The summed E-state index contributed by atoms with van der Waals surface area (Å²) in [7, 11) is 0. The SMILES string of the molecule is CC(C)(C)NN.Cl.O=C(Cl)C1C=CC=C(F)C1(F)[N+](=O)[O-].O=C(Cl)c1ccccc1. The minimum absolute atomic E-state index is 0. The van der Waals surface area contributed by atoms with Gasteiger partial charge in [-0.05, 0) is 50.0 Å². The predicted octanol–water partition coefficient (Wildman–Crippen LogP) is 4.47. The van der Waals surface area contributed by atoms with Crippen LogP contribution in [0, 0.1) is 16.0 Å². The molecule has 0 spiro atoms. The Morgan fingerprint density at radius 2 is 1.70 bits per heavy atom. The van der Waals surface area contributed by atoms with E-state index in [-0.39, 0.29) is 17.9 Å². The number of carbonyl (C=O) groups excluding carboxylic acids is 2. The minimum atomic E-state index is -3.58. The molecule has 0 saturated heterocycles. The molecule has 0 heterocycles. The molecule has 1 aliphatic carbocycles. The van der Waals surface area contributed by atoms with Gasteiger partial charge in [0, 0.05) is 11.1 Å². The largest absolute Gasteiger partial charge is 0.424 e. The van der Waals surface area contributed by atoms with Crippen molar-refractivity contribution in [2.24, 2.45) is 11.8 Å². The Labute approximate surface area is 188 Å². The molecule has 0 bridgehead atoms. The lowest BCUT2D eigenvalue weighted by atomic mass is 9.93. The first-order valence-electron chi connectivity index (χ1n) is 8.07. The van der Waals surface area contributed by atoms with Crippen LogP contribution in [0.3, 0.4) is 0 Å². The number of nitrogens with zero attached hydrogens (tertiary/aromatic N) is 1. The van der Waals surface area contributed by atoms with Crippen molar-refractivity contribution in [3.63, 3.8) is 0 Å². The Balaban J connectivity index is 0. The minimum Gasteiger partial charge on any atom is -0.280 e. The highest BCUT2D eigenvalue weighted by Gasteiger charge is 2.58. The summed E-state index contributed by atoms with van der Waals surface area (Å²) in [6, 6.07) is 8.74. The van der Waals surface area contributed by atoms with Crippen LogP contribution < -0.4 is 11.3 Å². The molecule has 3 N–H and O–H groups in total. The summed E-state index contributed by atoms with van der Waals surface area (Å²) >= 11 is 10.1. The molecule has 0 aromatic heterocycles. The van der Waals surface area contributed by atoms with E-state index >= 15 is 0 Å². The number of rotatable bonds is 3. The van der Waals surface area contributed by atoms with Crippen LogP contribution in [0.25, 0.3) is 0 Å². The number of nitro groups is 1. The van der Waals surface area contributed by atoms with Crippen LogP contribution >= 0.6 is 35.6 Å². The summed E-state index contributed by atoms with van der Waals surface area (Å²) in [4.78, 5) is 29.9. The first-order valence-corrected chi connectivity index (χ1v) is 8.82. The van der Waals surface area contributed by atoms with Crippen LogP contribution in [-0.2, 0) is 4.79 Å². The van der Waals surface area contributed by atoms with Gasteiger partial charge in [0.2, 0.25) is 11.1 Å². The van der Waals surface area contributed by atoms with Crippen molar-refractivity contribution in [3.8, 4) is 0 Å². The molecular formula is C18H22Cl3F2N3O4. The number of allylic oxidation sites excluding steroid dienone is 2. The molecule has 1 aromatic rings. The summed E-state index contributed by atoms with van der Waals surface area (Å²) in [6.07, 6.45) is 2.43. The molecule has 0 radical (unpaired) electrons. The fourth-order valence-corrected chi connectivity index (χ4v) is 1.98. The molecule has 30 heavy (non-hydrogen) atoms. The van der Waals surface area contributed by atoms with Crippen LogP contribution in [0.5, 0.6) is 0 Å². The lowest BCUT2D eigenvalue weighted by Crippen LogP contribution is -2.45. The molecule has 2 atom stereocenters. The van der Waals surface area contributed by atoms with Crippen molar-refractivity contribution < 1.29 is 23.3 Å². The molecule has 2 unspecified atom stereocenters. The third-order valence-electron chi connectivity index (χ3n) is 3.24. The van der Waals surface area contributed by atoms with Gasteiger partial charge >= 0.3 is 5.79 Å². The maximum Gasteiger partial charge on any atom is 0.424 e. The Morgan fingerprint density at radius 3 is 1.97 bits per heavy atom. The highest BCUT2D eigenvalue weighted by molar-refractivity contribution is 6.67. The van der Waals surface area contributed by atoms with Crippen molar-refractivity contribution in [3.05, 3.63) is 70.1 Å². The Morgan fingerprint density at radius 1 is 1.23 bits per heavy atom. The van der Waals surface area contributed by atoms with E-state index in [9.17, 15) is 28.5 Å². The monoisotopic (exact) mass is 487 g/mol. The molecule has 2 rings (SSSR count). The Bertz CT molecular complexity index is 787. The number of benzene rings is 1. The lowest BCUT2D eigenvalue weighted by molar-refractivity contribution is -0.601. The van der Waals surface area contributed by atoms with Crippen molar-refractivity contribution in [2.45, 2.75) is 32.1 Å². The molecule has 168 valence electrons. The normalized spacial score (nSPS) is 19.6. The first kappa shape index (κ1) is 30.3. The molecule has 1 aromatic carbocycles. The standard InChI is InChI=1S/C7H4ClF2NO3.C7H5ClO.C4H12N2.ClH/c8-6(12)4-2-1-3-5(9)7(4,10)11(13)14;8-7(9)6-4-2-1-3-5-6;1-4(2,3)6-5;/h1-4H;1-5H;6H,5H2,1-3H3;1H. The smallest absolute Gasteiger partial charge is 0.280 e. The van der Waals surface area contributed by atoms with Crippen LogP contribution in [0.4, 0.5) is 8.78 Å². The van der Waals surface area contributed by atoms with E-state index in [1.807, 2.05) is 26.8 Å². The van der Waals surface area contributed by atoms with Gasteiger partial charge in [0.1, 0.15) is 0 Å². The fourth-order valence-electron chi connectivity index (χ4n) is 1.64. The fraction of sp³-hybridized carbons (Fsp3) is 0.333. The van der Waals surface area contributed by atoms with Gasteiger partial charge in [-0.25, -0.2) is 4.39 Å². The highest BCUT2D eigenvalue weighted by atomic mass is 35.5. The summed E-state index contributed by atoms with van der Waals surface area (Å²) in [6.45, 7) is 6.02. The van der Waals surface area contributed by atoms with E-state index in [2.05, 4.69) is 5.43 Å². The predicted molar refractivity (Wildman–Crippen MR) is 114 cm³/mol. The van der Waals surface area contributed by atoms with Crippen LogP contribution in [0.15, 0.2) is 54.4 Å². The van der Waals surface area contributed by atoms with Crippen LogP contribution in [0.2, 0.25) is 0 Å². The summed E-state index contributed by atoms with van der Waals surface area (Å²) in [5.74, 6) is -2.08. The van der Waals surface area contributed by atoms with Crippen LogP contribution in [-0.4, -0.2) is 26.7 Å². The third kappa shape index (κ3) is 9.73. The Kier molecular flexibility index (Phi) is 13.5. The van der Waals surface area contributed by atoms with Crippen molar-refractivity contribution in [2.75, 3.05) is 0 Å². The molecule has 0 amide bonds. The van der Waals surface area contributed by atoms with Gasteiger partial charge in [0.15, 0.2) is 5.92 Å². The zero-order valence-corrected chi connectivity index (χ0v) is 18.6. The average Bonchev–Trinajstić information content (AvgIpc) is 2.64. The topological polar surface area (TPSA) is 115 Å². The van der Waals surface area contributed by atoms with Crippen molar-refractivity contribution in [1.82, 2.24) is 5.43 Å². The quantitative estimate of drug-likeness (QED) is 0.213. The first-order chi connectivity index (χ1) is 13.3. The maximum atomic E-state index is 13.5. The number of nitrogens with two attached hydrogens (primary N) is 1. The zero-order valence-electron chi connectivity index (χ0n) is 16.3. The number of halogens is 5. The van der Waals surface area contributed by atoms with Gasteiger partial charge in [-0.3, -0.25) is 31.0 Å². The number of hydrazine groups is 1. The second-order valence-corrected chi connectivity index (χ2v) is 7.36. The number of hydrogen-bond donors (Lipinski definition) is 2. The van der Waals surface area contributed by atoms with Crippen molar-refractivity contribution in [1.29, 1.82) is 0 Å². The molecule has 7 nitrogen and oxygen atoms in total. The maximum absolute atomic E-state index is 13.5. The van der Waals surface area contributed by atoms with E-state index in [0.717, 1.165) is 12.2 Å². The molecule has 0 aliphatic heterocycles. The summed E-state index contributed by atoms with van der Waals surface area (Å²) < 4.78 is 26.4. The zero-order chi connectivity index (χ0) is 22.8. The second-order valence-electron chi connectivity index (χ2n) is 6.65. The lowest BCUT2D eigenvalue weighted by Gasteiger charge is -2.21. The van der Waals surface area contributed by atoms with Gasteiger partial charge < -0.3 is 0 Å². The van der Waals surface area contributed by atoms with E-state index < -0.39 is 32.9 Å². The molecule has 0 saturated carbocycles. The van der Waals surface area contributed by atoms with Gasteiger partial charge in [-0.2, -0.15) is 4.39 Å². The van der Waals surface area contributed by atoms with E-state index in [1.54, 1.807) is 24.3 Å². The van der Waals surface area contributed by atoms with Gasteiger partial charge in [0.25, 0.3) is 5.24 Å². The second kappa shape index (κ2) is 13.4. The highest BCUT2D eigenvalue weighted by Crippen LogP contribution is 2.37.